The van der Waals surface area contributed by atoms with Gasteiger partial charge in [0.15, 0.2) is 0 Å². The summed E-state index contributed by atoms with van der Waals surface area (Å²) in [5.41, 5.74) is 10.1. The van der Waals surface area contributed by atoms with Crippen LogP contribution in [0.2, 0.25) is 0 Å². The predicted molar refractivity (Wildman–Crippen MR) is 193 cm³/mol. The van der Waals surface area contributed by atoms with Gasteiger partial charge < -0.3 is 0 Å². The van der Waals surface area contributed by atoms with Crippen LogP contribution in [0, 0.1) is 0 Å². The van der Waals surface area contributed by atoms with E-state index in [4.69, 9.17) is 9.97 Å². The van der Waals surface area contributed by atoms with E-state index in [2.05, 4.69) is 32.6 Å². The standard InChI is InChI=1S/C36H50N4S2Se/c1-3-5-7-9-11-13-15-17-19-21-25-23-41-35-27-31(37-29(25)35)32-28(34-33(27)39-43-40-34)36-30(38-32)26(24-42-36)22-20-18-16-14-12-10-8-6-4-2/h23-24,39-40H,3-22H2,1-2H3. The van der Waals surface area contributed by atoms with E-state index < -0.39 is 0 Å². The quantitative estimate of drug-likeness (QED) is 0.0622. The van der Waals surface area contributed by atoms with Gasteiger partial charge in [-0.25, -0.2) is 0 Å². The van der Waals surface area contributed by atoms with Gasteiger partial charge in [-0.05, 0) is 0 Å². The molecular weight excluding hydrogens is 632 g/mol. The van der Waals surface area contributed by atoms with Crippen molar-refractivity contribution in [3.8, 4) is 0 Å². The third-order valence-electron chi connectivity index (χ3n) is 9.43. The van der Waals surface area contributed by atoms with E-state index >= 15 is 0 Å². The van der Waals surface area contributed by atoms with Crippen molar-refractivity contribution < 1.29 is 0 Å². The Balaban J connectivity index is 1.16. The van der Waals surface area contributed by atoms with Crippen molar-refractivity contribution in [1.29, 1.82) is 0 Å². The number of hydrogen-bond acceptors (Lipinski definition) is 4. The van der Waals surface area contributed by atoms with Gasteiger partial charge in [0.25, 0.3) is 0 Å². The van der Waals surface area contributed by atoms with Crippen LogP contribution in [0.25, 0.3) is 53.3 Å². The summed E-state index contributed by atoms with van der Waals surface area (Å²) in [5, 5.41) is 7.37. The van der Waals surface area contributed by atoms with Crippen LogP contribution in [0.5, 0.6) is 0 Å². The number of aromatic nitrogens is 4. The van der Waals surface area contributed by atoms with Gasteiger partial charge in [0.05, 0.1) is 0 Å². The van der Waals surface area contributed by atoms with E-state index in [9.17, 15) is 0 Å². The van der Waals surface area contributed by atoms with E-state index in [0.29, 0.717) is 0 Å². The van der Waals surface area contributed by atoms with Crippen LogP contribution in [0.1, 0.15) is 141 Å². The maximum atomic E-state index is 5.36. The fourth-order valence-corrected chi connectivity index (χ4v) is 10.5. The Labute approximate surface area is 271 Å². The number of hydrogen-bond donors (Lipinski definition) is 2. The molecule has 0 aliphatic carbocycles. The third kappa shape index (κ3) is 6.95. The number of thiophene rings is 2. The molecule has 0 bridgehead atoms. The molecule has 5 heterocycles. The first-order chi connectivity index (χ1) is 21.3. The van der Waals surface area contributed by atoms with Gasteiger partial charge in [-0.15, -0.1) is 0 Å². The molecule has 0 amide bonds. The normalized spacial score (nSPS) is 12.4. The van der Waals surface area contributed by atoms with Gasteiger partial charge in [-0.1, -0.05) is 65.2 Å². The molecule has 1 aromatic carbocycles. The summed E-state index contributed by atoms with van der Waals surface area (Å²) in [5.74, 6) is 0. The van der Waals surface area contributed by atoms with Crippen molar-refractivity contribution in [2.24, 2.45) is 0 Å². The number of benzene rings is 1. The van der Waals surface area contributed by atoms with Crippen LogP contribution in [0.4, 0.5) is 0 Å². The van der Waals surface area contributed by atoms with Crippen LogP contribution in [0.15, 0.2) is 10.8 Å². The molecule has 232 valence electrons. The molecule has 0 fully saturated rings. The second-order valence-electron chi connectivity index (χ2n) is 12.8. The minimum atomic E-state index is 0.171. The topological polar surface area (TPSA) is 57.4 Å². The number of aromatic amines is 2. The molecule has 4 nitrogen and oxygen atoms in total. The Kier molecular flexibility index (Phi) is 11.3. The molecule has 0 saturated carbocycles. The first-order valence-corrected chi connectivity index (χ1v) is 20.9. The van der Waals surface area contributed by atoms with Gasteiger partial charge in [0.2, 0.25) is 0 Å². The Bertz CT molecular complexity index is 1610. The SMILES string of the molecule is CCCCCCCCCCCc1csc2c1nc1c3nc4c(CCCCCCCCCCC)csc4c3c3[nH][se][nH]c3c12. The van der Waals surface area contributed by atoms with Gasteiger partial charge in [-0.3, -0.25) is 0 Å². The number of aryl methyl sites for hydroxylation is 2. The average molecular weight is 682 g/mol. The number of fused-ring (bicyclic) bond motifs is 10. The molecule has 7 heteroatoms. The van der Waals surface area contributed by atoms with Crippen molar-refractivity contribution in [2.45, 2.75) is 142 Å². The number of nitrogens with zero attached hydrogens (tertiary/aromatic N) is 2. The summed E-state index contributed by atoms with van der Waals surface area (Å²) in [6.45, 7) is 4.59. The third-order valence-corrected chi connectivity index (χ3v) is 12.8. The first-order valence-electron chi connectivity index (χ1n) is 17.4. The van der Waals surface area contributed by atoms with Gasteiger partial charge in [0.1, 0.15) is 0 Å². The predicted octanol–water partition coefficient (Wildman–Crippen LogP) is 12.2. The second-order valence-corrected chi connectivity index (χ2v) is 15.8. The van der Waals surface area contributed by atoms with E-state index in [1.165, 1.54) is 169 Å². The van der Waals surface area contributed by atoms with Crippen molar-refractivity contribution in [3.63, 3.8) is 0 Å². The number of H-pyrrole nitrogens is 2. The van der Waals surface area contributed by atoms with E-state index in [1.54, 1.807) is 0 Å². The molecule has 0 atom stereocenters. The Hall–Kier alpha value is -1.66. The molecule has 0 saturated heterocycles. The monoisotopic (exact) mass is 682 g/mol. The van der Waals surface area contributed by atoms with Crippen molar-refractivity contribution in [3.05, 3.63) is 21.9 Å². The van der Waals surface area contributed by atoms with Crippen molar-refractivity contribution >= 4 is 90.9 Å². The Morgan fingerprint density at radius 1 is 0.512 bits per heavy atom. The Morgan fingerprint density at radius 2 is 0.884 bits per heavy atom. The second kappa shape index (κ2) is 15.6. The van der Waals surface area contributed by atoms with Gasteiger partial charge >= 0.3 is 208 Å². The summed E-state index contributed by atoms with van der Waals surface area (Å²) < 4.78 is 10.2. The molecular formula is C36H50N4S2Se. The minimum absolute atomic E-state index is 0.171. The van der Waals surface area contributed by atoms with Crippen molar-refractivity contribution in [2.75, 3.05) is 0 Å². The molecule has 0 aliphatic heterocycles. The maximum absolute atomic E-state index is 5.36. The summed E-state index contributed by atoms with van der Waals surface area (Å²) in [7, 11) is 0. The van der Waals surface area contributed by atoms with E-state index in [-0.39, 0.29) is 15.0 Å². The number of unbranched alkanes of at least 4 members (excludes halogenated alkanes) is 16. The summed E-state index contributed by atoms with van der Waals surface area (Å²) in [6, 6.07) is 0. The number of rotatable bonds is 20. The zero-order valence-electron chi connectivity index (χ0n) is 26.4. The van der Waals surface area contributed by atoms with Crippen LogP contribution in [-0.2, 0) is 12.8 Å². The number of nitrogens with one attached hydrogen (secondary N) is 2. The molecule has 6 aromatic rings. The van der Waals surface area contributed by atoms with E-state index in [1.807, 2.05) is 22.7 Å². The summed E-state index contributed by atoms with van der Waals surface area (Å²) >= 11 is 3.95. The molecule has 0 radical (unpaired) electrons. The van der Waals surface area contributed by atoms with Gasteiger partial charge in [0, 0.05) is 0 Å². The van der Waals surface area contributed by atoms with E-state index in [0.717, 1.165) is 23.9 Å². The molecule has 5 aromatic heterocycles. The van der Waals surface area contributed by atoms with Crippen LogP contribution in [0.3, 0.4) is 0 Å². The summed E-state index contributed by atoms with van der Waals surface area (Å²) in [4.78, 5) is 10.7. The Morgan fingerprint density at radius 3 is 1.28 bits per heavy atom. The van der Waals surface area contributed by atoms with Crippen molar-refractivity contribution in [1.82, 2.24) is 17.9 Å². The fraction of sp³-hybridized carbons (Fsp3) is 0.611. The molecule has 43 heavy (non-hydrogen) atoms. The summed E-state index contributed by atoms with van der Waals surface area (Å²) in [6.07, 6.45) is 27.0. The first kappa shape index (κ1) is 31.3. The zero-order valence-corrected chi connectivity index (χ0v) is 29.8. The molecule has 0 aliphatic rings. The molecule has 0 spiro atoms. The van der Waals surface area contributed by atoms with Gasteiger partial charge in [-0.2, -0.15) is 0 Å². The molecule has 0 unspecified atom stereocenters. The van der Waals surface area contributed by atoms with Crippen LogP contribution >= 0.6 is 22.7 Å². The van der Waals surface area contributed by atoms with Crippen LogP contribution in [-0.4, -0.2) is 32.9 Å². The zero-order chi connectivity index (χ0) is 29.4. The molecule has 2 N–H and O–H groups in total. The average Bonchev–Trinajstić information content (AvgIpc) is 3.83. The molecule has 6 rings (SSSR count). The van der Waals surface area contributed by atoms with Crippen LogP contribution < -0.4 is 0 Å². The fourth-order valence-electron chi connectivity index (χ4n) is 6.92.